The first-order chi connectivity index (χ1) is 5.66. The Morgan fingerprint density at radius 3 is 2.67 bits per heavy atom. The van der Waals surface area contributed by atoms with E-state index in [0.717, 1.165) is 23.2 Å². The van der Waals surface area contributed by atoms with Gasteiger partial charge in [0.2, 0.25) is 0 Å². The summed E-state index contributed by atoms with van der Waals surface area (Å²) in [5.74, 6) is 0. The van der Waals surface area contributed by atoms with Crippen LogP contribution in [0.4, 0.5) is 5.69 Å². The topological polar surface area (TPSA) is 46.2 Å². The number of hydrogen-bond acceptors (Lipinski definition) is 2. The first kappa shape index (κ1) is 9.07. The van der Waals surface area contributed by atoms with Gasteiger partial charge < -0.3 is 10.8 Å². The molecule has 66 valence electrons. The summed E-state index contributed by atoms with van der Waals surface area (Å²) < 4.78 is 0. The first-order valence-electron chi connectivity index (χ1n) is 4.22. The van der Waals surface area contributed by atoms with Crippen LogP contribution in [0.1, 0.15) is 31.1 Å². The zero-order valence-corrected chi connectivity index (χ0v) is 7.54. The molecule has 2 heteroatoms. The van der Waals surface area contributed by atoms with Crippen molar-refractivity contribution in [2.24, 2.45) is 0 Å². The maximum atomic E-state index is 9.34. The zero-order chi connectivity index (χ0) is 9.14. The van der Waals surface area contributed by atoms with E-state index in [1.807, 2.05) is 18.2 Å². The molecule has 0 aromatic heterocycles. The van der Waals surface area contributed by atoms with Crippen LogP contribution in [0, 0.1) is 0 Å². The summed E-state index contributed by atoms with van der Waals surface area (Å²) >= 11 is 0. The molecule has 0 bridgehead atoms. The van der Waals surface area contributed by atoms with Crippen molar-refractivity contribution in [3.8, 4) is 0 Å². The second-order valence-corrected chi connectivity index (χ2v) is 2.95. The van der Waals surface area contributed by atoms with Gasteiger partial charge in [0.1, 0.15) is 0 Å². The number of nitrogens with two attached hydrogens (primary N) is 1. The average Bonchev–Trinajstić information content (AvgIpc) is 2.04. The van der Waals surface area contributed by atoms with Crippen LogP contribution >= 0.6 is 0 Å². The number of nitrogen functional groups attached to an aromatic ring is 1. The van der Waals surface area contributed by atoms with Gasteiger partial charge in [-0.25, -0.2) is 0 Å². The Morgan fingerprint density at radius 1 is 1.50 bits per heavy atom. The van der Waals surface area contributed by atoms with Crippen molar-refractivity contribution in [3.63, 3.8) is 0 Å². The molecule has 1 atom stereocenters. The molecule has 0 radical (unpaired) electrons. The molecular weight excluding hydrogens is 150 g/mol. The molecule has 0 heterocycles. The van der Waals surface area contributed by atoms with Crippen molar-refractivity contribution in [3.05, 3.63) is 29.3 Å². The normalized spacial score (nSPS) is 12.9. The molecule has 0 fully saturated rings. The van der Waals surface area contributed by atoms with E-state index in [2.05, 4.69) is 6.92 Å². The van der Waals surface area contributed by atoms with E-state index < -0.39 is 6.10 Å². The third-order valence-electron chi connectivity index (χ3n) is 2.06. The summed E-state index contributed by atoms with van der Waals surface area (Å²) in [6.07, 6.45) is 0.434. The molecule has 1 aromatic rings. The minimum absolute atomic E-state index is 0.475. The Bertz CT molecular complexity index is 269. The number of aryl methyl sites for hydroxylation is 1. The second kappa shape index (κ2) is 3.59. The SMILES string of the molecule is CCc1cccc(C(C)O)c1N. The summed E-state index contributed by atoms with van der Waals surface area (Å²) in [6.45, 7) is 3.78. The van der Waals surface area contributed by atoms with Crippen molar-refractivity contribution in [1.82, 2.24) is 0 Å². The van der Waals surface area contributed by atoms with Crippen LogP contribution < -0.4 is 5.73 Å². The summed E-state index contributed by atoms with van der Waals surface area (Å²) in [5, 5.41) is 9.34. The lowest BCUT2D eigenvalue weighted by Gasteiger charge is -2.11. The van der Waals surface area contributed by atoms with E-state index >= 15 is 0 Å². The van der Waals surface area contributed by atoms with Crippen LogP contribution in [0.25, 0.3) is 0 Å². The Hall–Kier alpha value is -1.02. The number of benzene rings is 1. The third-order valence-corrected chi connectivity index (χ3v) is 2.06. The maximum absolute atomic E-state index is 9.34. The van der Waals surface area contributed by atoms with Crippen molar-refractivity contribution < 1.29 is 5.11 Å². The van der Waals surface area contributed by atoms with Crippen LogP contribution in [0.5, 0.6) is 0 Å². The van der Waals surface area contributed by atoms with Gasteiger partial charge in [0.05, 0.1) is 6.10 Å². The molecule has 0 saturated heterocycles. The van der Waals surface area contributed by atoms with Gasteiger partial charge in [-0.3, -0.25) is 0 Å². The van der Waals surface area contributed by atoms with Gasteiger partial charge in [-0.15, -0.1) is 0 Å². The summed E-state index contributed by atoms with van der Waals surface area (Å²) in [4.78, 5) is 0. The Balaban J connectivity index is 3.14. The highest BCUT2D eigenvalue weighted by atomic mass is 16.3. The molecule has 0 spiro atoms. The van der Waals surface area contributed by atoms with E-state index in [1.165, 1.54) is 0 Å². The molecule has 0 aliphatic carbocycles. The zero-order valence-electron chi connectivity index (χ0n) is 7.54. The highest BCUT2D eigenvalue weighted by molar-refractivity contribution is 5.54. The van der Waals surface area contributed by atoms with Crippen LogP contribution in [0.2, 0.25) is 0 Å². The minimum Gasteiger partial charge on any atom is -0.398 e. The van der Waals surface area contributed by atoms with Crippen molar-refractivity contribution >= 4 is 5.69 Å². The van der Waals surface area contributed by atoms with E-state index in [4.69, 9.17) is 5.73 Å². The molecule has 0 amide bonds. The number of aliphatic hydroxyl groups excluding tert-OH is 1. The predicted molar refractivity (Wildman–Crippen MR) is 50.9 cm³/mol. The van der Waals surface area contributed by atoms with Crippen molar-refractivity contribution in [2.75, 3.05) is 5.73 Å². The van der Waals surface area contributed by atoms with Gasteiger partial charge in [-0.2, -0.15) is 0 Å². The highest BCUT2D eigenvalue weighted by Gasteiger charge is 2.07. The van der Waals surface area contributed by atoms with Crippen LogP contribution in [-0.4, -0.2) is 5.11 Å². The van der Waals surface area contributed by atoms with E-state index in [1.54, 1.807) is 6.92 Å². The van der Waals surface area contributed by atoms with Crippen molar-refractivity contribution in [2.45, 2.75) is 26.4 Å². The number of para-hydroxylation sites is 1. The maximum Gasteiger partial charge on any atom is 0.0781 e. The van der Waals surface area contributed by atoms with Crippen LogP contribution in [0.15, 0.2) is 18.2 Å². The van der Waals surface area contributed by atoms with Crippen molar-refractivity contribution in [1.29, 1.82) is 0 Å². The largest absolute Gasteiger partial charge is 0.398 e. The summed E-state index contributed by atoms with van der Waals surface area (Å²) in [5.41, 5.74) is 8.50. The lowest BCUT2D eigenvalue weighted by molar-refractivity contribution is 0.200. The Labute approximate surface area is 73.0 Å². The summed E-state index contributed by atoms with van der Waals surface area (Å²) in [6, 6.07) is 5.78. The number of hydrogen-bond donors (Lipinski definition) is 2. The van der Waals surface area contributed by atoms with Gasteiger partial charge in [-0.05, 0) is 18.9 Å². The van der Waals surface area contributed by atoms with E-state index in [-0.39, 0.29) is 0 Å². The number of aliphatic hydroxyl groups is 1. The Morgan fingerprint density at radius 2 is 2.17 bits per heavy atom. The lowest BCUT2D eigenvalue weighted by Crippen LogP contribution is -2.01. The third kappa shape index (κ3) is 1.59. The Kier molecular flexibility index (Phi) is 2.71. The van der Waals surface area contributed by atoms with Gasteiger partial charge in [0, 0.05) is 11.3 Å². The number of anilines is 1. The molecule has 1 rings (SSSR count). The van der Waals surface area contributed by atoms with Gasteiger partial charge in [0.15, 0.2) is 0 Å². The fourth-order valence-electron chi connectivity index (χ4n) is 1.31. The lowest BCUT2D eigenvalue weighted by atomic mass is 10.0. The van der Waals surface area contributed by atoms with Crippen LogP contribution in [0.3, 0.4) is 0 Å². The monoisotopic (exact) mass is 165 g/mol. The van der Waals surface area contributed by atoms with Crippen LogP contribution in [-0.2, 0) is 6.42 Å². The first-order valence-corrected chi connectivity index (χ1v) is 4.22. The van der Waals surface area contributed by atoms with E-state index in [9.17, 15) is 5.11 Å². The van der Waals surface area contributed by atoms with E-state index in [0.29, 0.717) is 0 Å². The smallest absolute Gasteiger partial charge is 0.0781 e. The molecule has 12 heavy (non-hydrogen) atoms. The molecule has 1 unspecified atom stereocenters. The number of rotatable bonds is 2. The molecule has 3 N–H and O–H groups in total. The predicted octanol–water partition coefficient (Wildman–Crippen LogP) is 1.88. The molecular formula is C10H15NO. The highest BCUT2D eigenvalue weighted by Crippen LogP contribution is 2.23. The molecule has 2 nitrogen and oxygen atoms in total. The fourth-order valence-corrected chi connectivity index (χ4v) is 1.31. The molecule has 0 aliphatic rings. The van der Waals surface area contributed by atoms with Gasteiger partial charge in [-0.1, -0.05) is 25.1 Å². The van der Waals surface area contributed by atoms with Gasteiger partial charge in [0.25, 0.3) is 0 Å². The quantitative estimate of drug-likeness (QED) is 0.657. The molecule has 0 aliphatic heterocycles. The summed E-state index contributed by atoms with van der Waals surface area (Å²) in [7, 11) is 0. The minimum atomic E-state index is -0.475. The van der Waals surface area contributed by atoms with Gasteiger partial charge >= 0.3 is 0 Å². The fraction of sp³-hybridized carbons (Fsp3) is 0.400. The molecule has 0 saturated carbocycles. The second-order valence-electron chi connectivity index (χ2n) is 2.95. The molecule has 1 aromatic carbocycles. The average molecular weight is 165 g/mol. The standard InChI is InChI=1S/C10H15NO/c1-3-8-5-4-6-9(7(2)12)10(8)11/h4-7,12H,3,11H2,1-2H3.